The highest BCUT2D eigenvalue weighted by Gasteiger charge is 2.34. The van der Waals surface area contributed by atoms with Crippen LogP contribution in [0.1, 0.15) is 32.1 Å². The van der Waals surface area contributed by atoms with E-state index in [2.05, 4.69) is 20.6 Å². The zero-order valence-electron chi connectivity index (χ0n) is 12.3. The summed E-state index contributed by atoms with van der Waals surface area (Å²) in [5.41, 5.74) is 1.02. The molecule has 1 aromatic heterocycles. The molecule has 4 rings (SSSR count). The van der Waals surface area contributed by atoms with Crippen LogP contribution in [-0.2, 0) is 11.3 Å². The second kappa shape index (κ2) is 5.33. The molecule has 3 aliphatic rings. The molecule has 0 bridgehead atoms. The van der Waals surface area contributed by atoms with Crippen LogP contribution in [0.3, 0.4) is 0 Å². The smallest absolute Gasteiger partial charge is 0.241 e. The van der Waals surface area contributed by atoms with E-state index in [-0.39, 0.29) is 5.91 Å². The highest BCUT2D eigenvalue weighted by atomic mass is 16.2. The summed E-state index contributed by atoms with van der Waals surface area (Å²) in [5.74, 6) is 0.0629. The summed E-state index contributed by atoms with van der Waals surface area (Å²) in [6.45, 7) is 2.66. The Morgan fingerprint density at radius 3 is 2.86 bits per heavy atom. The number of aromatic nitrogens is 2. The van der Waals surface area contributed by atoms with Gasteiger partial charge < -0.3 is 10.6 Å². The van der Waals surface area contributed by atoms with Gasteiger partial charge in [0, 0.05) is 37.4 Å². The molecule has 6 nitrogen and oxygen atoms in total. The first kappa shape index (κ1) is 13.1. The lowest BCUT2D eigenvalue weighted by atomic mass is 10.2. The van der Waals surface area contributed by atoms with Gasteiger partial charge in [-0.15, -0.1) is 0 Å². The molecule has 0 spiro atoms. The maximum Gasteiger partial charge on any atom is 0.241 e. The van der Waals surface area contributed by atoms with Gasteiger partial charge in [-0.2, -0.15) is 5.10 Å². The lowest BCUT2D eigenvalue weighted by molar-refractivity contribution is -0.122. The number of rotatable bonds is 6. The van der Waals surface area contributed by atoms with Crippen LogP contribution >= 0.6 is 0 Å². The minimum Gasteiger partial charge on any atom is -0.378 e. The van der Waals surface area contributed by atoms with Crippen molar-refractivity contribution < 1.29 is 4.79 Å². The normalized spacial score (nSPS) is 26.0. The maximum absolute atomic E-state index is 11.7. The number of carbonyl (C=O) groups excluding carboxylic acids is 1. The molecule has 2 heterocycles. The summed E-state index contributed by atoms with van der Waals surface area (Å²) in [7, 11) is 0. The number of nitrogens with one attached hydrogen (secondary N) is 2. The molecular weight excluding hydrogens is 266 g/mol. The standard InChI is InChI=1S/C15H23N5O/c21-15(18-11-1-2-11)10-20-9-13(7-16-20)17-12-5-6-19(8-12)14-3-4-14/h7,9,11-12,14,17H,1-6,8,10H2,(H,18,21). The topological polar surface area (TPSA) is 62.2 Å². The van der Waals surface area contributed by atoms with Gasteiger partial charge in [-0.05, 0) is 32.1 Å². The number of carbonyl (C=O) groups is 1. The average Bonchev–Trinajstić information content (AvgIpc) is 3.37. The van der Waals surface area contributed by atoms with Gasteiger partial charge in [0.2, 0.25) is 5.91 Å². The van der Waals surface area contributed by atoms with E-state index in [9.17, 15) is 4.79 Å². The molecule has 114 valence electrons. The predicted molar refractivity (Wildman–Crippen MR) is 80.0 cm³/mol. The van der Waals surface area contributed by atoms with E-state index < -0.39 is 0 Å². The number of hydrogen-bond donors (Lipinski definition) is 2. The van der Waals surface area contributed by atoms with Crippen molar-refractivity contribution >= 4 is 11.6 Å². The molecular formula is C15H23N5O. The van der Waals surface area contributed by atoms with E-state index in [1.165, 1.54) is 25.8 Å². The monoisotopic (exact) mass is 289 g/mol. The third-order valence-electron chi connectivity index (χ3n) is 4.54. The maximum atomic E-state index is 11.7. The molecule has 1 atom stereocenters. The van der Waals surface area contributed by atoms with Crippen LogP contribution in [0.2, 0.25) is 0 Å². The van der Waals surface area contributed by atoms with E-state index in [1.807, 2.05) is 12.4 Å². The summed E-state index contributed by atoms with van der Waals surface area (Å²) < 4.78 is 1.72. The highest BCUT2D eigenvalue weighted by Crippen LogP contribution is 2.30. The number of anilines is 1. The largest absolute Gasteiger partial charge is 0.378 e. The van der Waals surface area contributed by atoms with E-state index in [0.29, 0.717) is 18.6 Å². The van der Waals surface area contributed by atoms with Gasteiger partial charge in [0.1, 0.15) is 6.54 Å². The van der Waals surface area contributed by atoms with Crippen LogP contribution in [0.15, 0.2) is 12.4 Å². The van der Waals surface area contributed by atoms with Crippen LogP contribution in [-0.4, -0.2) is 51.8 Å². The van der Waals surface area contributed by atoms with Crippen LogP contribution in [0.25, 0.3) is 0 Å². The molecule has 1 saturated heterocycles. The Morgan fingerprint density at radius 2 is 2.10 bits per heavy atom. The van der Waals surface area contributed by atoms with E-state index in [1.54, 1.807) is 4.68 Å². The van der Waals surface area contributed by atoms with E-state index in [4.69, 9.17) is 0 Å². The van der Waals surface area contributed by atoms with Gasteiger partial charge in [-0.25, -0.2) is 0 Å². The molecule has 1 aromatic rings. The molecule has 3 fully saturated rings. The van der Waals surface area contributed by atoms with Crippen molar-refractivity contribution in [2.24, 2.45) is 0 Å². The molecule has 1 aliphatic heterocycles. The van der Waals surface area contributed by atoms with Gasteiger partial charge in [0.25, 0.3) is 0 Å². The van der Waals surface area contributed by atoms with Crippen molar-refractivity contribution in [1.29, 1.82) is 0 Å². The predicted octanol–water partition coefficient (Wildman–Crippen LogP) is 0.810. The van der Waals surface area contributed by atoms with Crippen molar-refractivity contribution in [3.8, 4) is 0 Å². The number of nitrogens with zero attached hydrogens (tertiary/aromatic N) is 3. The number of hydrogen-bond acceptors (Lipinski definition) is 4. The third kappa shape index (κ3) is 3.37. The second-order valence-electron chi connectivity index (χ2n) is 6.62. The minimum atomic E-state index is 0.0629. The van der Waals surface area contributed by atoms with E-state index >= 15 is 0 Å². The first-order valence-corrected chi connectivity index (χ1v) is 8.09. The molecule has 1 unspecified atom stereocenters. The van der Waals surface area contributed by atoms with E-state index in [0.717, 1.165) is 31.1 Å². The molecule has 2 saturated carbocycles. The Hall–Kier alpha value is -1.56. The van der Waals surface area contributed by atoms with Crippen molar-refractivity contribution in [3.05, 3.63) is 12.4 Å². The van der Waals surface area contributed by atoms with Crippen LogP contribution in [0, 0.1) is 0 Å². The van der Waals surface area contributed by atoms with Gasteiger partial charge in [-0.1, -0.05) is 0 Å². The fourth-order valence-electron chi connectivity index (χ4n) is 3.08. The van der Waals surface area contributed by atoms with Gasteiger partial charge in [0.15, 0.2) is 0 Å². The van der Waals surface area contributed by atoms with Gasteiger partial charge in [0.05, 0.1) is 11.9 Å². The van der Waals surface area contributed by atoms with Crippen LogP contribution in [0.5, 0.6) is 0 Å². The fraction of sp³-hybridized carbons (Fsp3) is 0.733. The van der Waals surface area contributed by atoms with Crippen LogP contribution < -0.4 is 10.6 Å². The lowest BCUT2D eigenvalue weighted by Crippen LogP contribution is -2.29. The number of amides is 1. The zero-order chi connectivity index (χ0) is 14.2. The Kier molecular flexibility index (Phi) is 3.33. The number of likely N-dealkylation sites (tertiary alicyclic amines) is 1. The SMILES string of the molecule is O=C(Cn1cc(NC2CCN(C3CC3)C2)cn1)NC1CC1. The summed E-state index contributed by atoms with van der Waals surface area (Å²) in [4.78, 5) is 14.3. The first-order valence-electron chi connectivity index (χ1n) is 8.09. The summed E-state index contributed by atoms with van der Waals surface area (Å²) >= 11 is 0. The second-order valence-corrected chi connectivity index (χ2v) is 6.62. The quantitative estimate of drug-likeness (QED) is 0.813. The summed E-state index contributed by atoms with van der Waals surface area (Å²) in [5, 5.41) is 10.8. The molecule has 21 heavy (non-hydrogen) atoms. The van der Waals surface area contributed by atoms with Crippen molar-refractivity contribution in [2.75, 3.05) is 18.4 Å². The summed E-state index contributed by atoms with van der Waals surface area (Å²) in [6.07, 6.45) is 9.95. The van der Waals surface area contributed by atoms with Crippen molar-refractivity contribution in [2.45, 2.75) is 56.8 Å². The summed E-state index contributed by atoms with van der Waals surface area (Å²) in [6, 6.07) is 1.78. The lowest BCUT2D eigenvalue weighted by Gasteiger charge is -2.15. The Labute approximate surface area is 124 Å². The molecule has 2 N–H and O–H groups in total. The molecule has 1 amide bonds. The van der Waals surface area contributed by atoms with Crippen molar-refractivity contribution in [3.63, 3.8) is 0 Å². The average molecular weight is 289 g/mol. The molecule has 0 aromatic carbocycles. The third-order valence-corrected chi connectivity index (χ3v) is 4.54. The Balaban J connectivity index is 1.26. The molecule has 2 aliphatic carbocycles. The molecule has 6 heteroatoms. The van der Waals surface area contributed by atoms with Gasteiger partial charge in [-0.3, -0.25) is 14.4 Å². The zero-order valence-corrected chi connectivity index (χ0v) is 12.3. The molecule has 0 radical (unpaired) electrons. The minimum absolute atomic E-state index is 0.0629. The Bertz CT molecular complexity index is 520. The van der Waals surface area contributed by atoms with Crippen LogP contribution in [0.4, 0.5) is 5.69 Å². The van der Waals surface area contributed by atoms with Gasteiger partial charge >= 0.3 is 0 Å². The highest BCUT2D eigenvalue weighted by molar-refractivity contribution is 5.76. The Morgan fingerprint density at radius 1 is 1.24 bits per heavy atom. The first-order chi connectivity index (χ1) is 10.3. The fourth-order valence-corrected chi connectivity index (χ4v) is 3.08. The van der Waals surface area contributed by atoms with Crippen molar-refractivity contribution in [1.82, 2.24) is 20.0 Å².